The molecule has 4 rings (SSSR count). The average Bonchev–Trinajstić information content (AvgIpc) is 3.22. The van der Waals surface area contributed by atoms with Crippen molar-refractivity contribution >= 4 is 22.7 Å². The van der Waals surface area contributed by atoms with Gasteiger partial charge in [0.25, 0.3) is 5.91 Å². The number of rotatable bonds is 3. The van der Waals surface area contributed by atoms with Crippen LogP contribution in [-0.2, 0) is 16.6 Å². The Bertz CT molecular complexity index is 859. The van der Waals surface area contributed by atoms with Crippen LogP contribution in [0.1, 0.15) is 23.3 Å². The SMILES string of the molecule is Cn1nc(C(=O)N[C@@H]2C[C@H](C(=O)N3CCOCC3)C[C@H]2O)c2ccccc21. The van der Waals surface area contributed by atoms with Crippen LogP contribution in [0.3, 0.4) is 0 Å². The summed E-state index contributed by atoms with van der Waals surface area (Å²) in [6.45, 7) is 2.27. The van der Waals surface area contributed by atoms with Crippen molar-refractivity contribution in [2.75, 3.05) is 26.3 Å². The summed E-state index contributed by atoms with van der Waals surface area (Å²) >= 11 is 0. The van der Waals surface area contributed by atoms with Crippen LogP contribution in [0.5, 0.6) is 0 Å². The van der Waals surface area contributed by atoms with E-state index in [-0.39, 0.29) is 17.7 Å². The Hall–Kier alpha value is -2.45. The van der Waals surface area contributed by atoms with Gasteiger partial charge in [-0.15, -0.1) is 0 Å². The molecule has 3 atom stereocenters. The Morgan fingerprint density at radius 1 is 1.22 bits per heavy atom. The maximum atomic E-state index is 12.7. The fraction of sp³-hybridized carbons (Fsp3) is 0.526. The van der Waals surface area contributed by atoms with E-state index in [4.69, 9.17) is 4.74 Å². The molecule has 1 aliphatic carbocycles. The zero-order chi connectivity index (χ0) is 19.0. The molecule has 1 saturated heterocycles. The lowest BCUT2D eigenvalue weighted by Gasteiger charge is -2.29. The summed E-state index contributed by atoms with van der Waals surface area (Å²) in [5.74, 6) is -0.559. The highest BCUT2D eigenvalue weighted by molar-refractivity contribution is 6.05. The van der Waals surface area contributed by atoms with Gasteiger partial charge < -0.3 is 20.1 Å². The number of amides is 2. The Kier molecular flexibility index (Phi) is 4.84. The summed E-state index contributed by atoms with van der Waals surface area (Å²) < 4.78 is 6.95. The third-order valence-corrected chi connectivity index (χ3v) is 5.49. The smallest absolute Gasteiger partial charge is 0.272 e. The van der Waals surface area contributed by atoms with Gasteiger partial charge in [-0.2, -0.15) is 5.10 Å². The van der Waals surface area contributed by atoms with Crippen LogP contribution in [0.15, 0.2) is 24.3 Å². The highest BCUT2D eigenvalue weighted by atomic mass is 16.5. The van der Waals surface area contributed by atoms with E-state index in [1.807, 2.05) is 24.3 Å². The number of aliphatic hydroxyl groups is 1. The predicted octanol–water partition coefficient (Wildman–Crippen LogP) is 0.301. The zero-order valence-electron chi connectivity index (χ0n) is 15.3. The van der Waals surface area contributed by atoms with Crippen molar-refractivity contribution in [3.8, 4) is 0 Å². The number of aromatic nitrogens is 2. The van der Waals surface area contributed by atoms with Gasteiger partial charge in [0.2, 0.25) is 5.91 Å². The molecule has 2 aromatic rings. The van der Waals surface area contributed by atoms with Gasteiger partial charge in [-0.3, -0.25) is 14.3 Å². The van der Waals surface area contributed by atoms with Gasteiger partial charge in [0.05, 0.1) is 30.9 Å². The molecule has 2 N–H and O–H groups in total. The Morgan fingerprint density at radius 2 is 1.96 bits per heavy atom. The summed E-state index contributed by atoms with van der Waals surface area (Å²) in [6.07, 6.45) is 0.0664. The highest BCUT2D eigenvalue weighted by Crippen LogP contribution is 2.29. The number of fused-ring (bicyclic) bond motifs is 1. The van der Waals surface area contributed by atoms with Crippen molar-refractivity contribution in [3.05, 3.63) is 30.0 Å². The number of nitrogens with one attached hydrogen (secondary N) is 1. The van der Waals surface area contributed by atoms with Gasteiger partial charge in [0.15, 0.2) is 5.69 Å². The van der Waals surface area contributed by atoms with E-state index in [0.29, 0.717) is 44.8 Å². The first kappa shape index (κ1) is 17.9. The molecular weight excluding hydrogens is 348 g/mol. The van der Waals surface area contributed by atoms with E-state index >= 15 is 0 Å². The van der Waals surface area contributed by atoms with Crippen LogP contribution >= 0.6 is 0 Å². The second-order valence-electron chi connectivity index (χ2n) is 7.24. The Labute approximate surface area is 157 Å². The number of nitrogens with zero attached hydrogens (tertiary/aromatic N) is 3. The highest BCUT2D eigenvalue weighted by Gasteiger charge is 2.40. The number of hydrogen-bond acceptors (Lipinski definition) is 5. The first-order valence-corrected chi connectivity index (χ1v) is 9.32. The van der Waals surface area contributed by atoms with Crippen LogP contribution in [0.4, 0.5) is 0 Å². The maximum Gasteiger partial charge on any atom is 0.272 e. The van der Waals surface area contributed by atoms with Gasteiger partial charge >= 0.3 is 0 Å². The van der Waals surface area contributed by atoms with E-state index in [0.717, 1.165) is 10.9 Å². The second-order valence-corrected chi connectivity index (χ2v) is 7.24. The van der Waals surface area contributed by atoms with Gasteiger partial charge in [0, 0.05) is 31.4 Å². The van der Waals surface area contributed by atoms with Gasteiger partial charge in [-0.1, -0.05) is 18.2 Å². The van der Waals surface area contributed by atoms with Crippen LogP contribution in [0.25, 0.3) is 10.9 Å². The van der Waals surface area contributed by atoms with E-state index in [2.05, 4.69) is 10.4 Å². The molecule has 2 fully saturated rings. The molecular formula is C19H24N4O4. The number of benzene rings is 1. The van der Waals surface area contributed by atoms with Crippen molar-refractivity contribution in [1.82, 2.24) is 20.0 Å². The molecule has 2 heterocycles. The molecule has 1 aromatic heterocycles. The van der Waals surface area contributed by atoms with E-state index in [9.17, 15) is 14.7 Å². The summed E-state index contributed by atoms with van der Waals surface area (Å²) in [7, 11) is 1.79. The minimum absolute atomic E-state index is 0.0392. The molecule has 1 saturated carbocycles. The van der Waals surface area contributed by atoms with Gasteiger partial charge in [0.1, 0.15) is 0 Å². The summed E-state index contributed by atoms with van der Waals surface area (Å²) in [6, 6.07) is 7.07. The number of ether oxygens (including phenoxy) is 1. The minimum atomic E-state index is -0.737. The number of para-hydroxylation sites is 1. The molecule has 0 radical (unpaired) electrons. The quantitative estimate of drug-likeness (QED) is 0.808. The molecule has 2 amide bonds. The first-order chi connectivity index (χ1) is 13.0. The standard InChI is InChI=1S/C19H24N4O4/c1-22-15-5-3-2-4-13(15)17(21-22)18(25)20-14-10-12(11-16(14)24)19(26)23-6-8-27-9-7-23/h2-5,12,14,16,24H,6-11H2,1H3,(H,20,25)/t12-,14+,16+/m0/s1. The lowest BCUT2D eigenvalue weighted by Crippen LogP contribution is -2.43. The summed E-state index contributed by atoms with van der Waals surface area (Å²) in [5.41, 5.74) is 1.21. The maximum absolute atomic E-state index is 12.7. The monoisotopic (exact) mass is 372 g/mol. The Balaban J connectivity index is 1.44. The number of carbonyl (C=O) groups is 2. The molecule has 27 heavy (non-hydrogen) atoms. The second kappa shape index (κ2) is 7.28. The third-order valence-electron chi connectivity index (χ3n) is 5.49. The summed E-state index contributed by atoms with van der Waals surface area (Å²) in [4.78, 5) is 27.2. The van der Waals surface area contributed by atoms with Crippen LogP contribution in [0.2, 0.25) is 0 Å². The number of aliphatic hydroxyl groups excluding tert-OH is 1. The molecule has 0 spiro atoms. The number of aryl methyl sites for hydroxylation is 1. The van der Waals surface area contributed by atoms with E-state index in [1.54, 1.807) is 16.6 Å². The fourth-order valence-corrected chi connectivity index (χ4v) is 4.03. The normalized spacial score (nSPS) is 25.7. The number of carbonyl (C=O) groups excluding carboxylic acids is 2. The third kappa shape index (κ3) is 3.42. The van der Waals surface area contributed by atoms with Gasteiger partial charge in [-0.25, -0.2) is 0 Å². The van der Waals surface area contributed by atoms with Crippen LogP contribution < -0.4 is 5.32 Å². The topological polar surface area (TPSA) is 96.7 Å². The fourth-order valence-electron chi connectivity index (χ4n) is 4.03. The minimum Gasteiger partial charge on any atom is -0.391 e. The molecule has 1 aliphatic heterocycles. The number of morpholine rings is 1. The lowest BCUT2D eigenvalue weighted by atomic mass is 10.1. The van der Waals surface area contributed by atoms with Crippen molar-refractivity contribution < 1.29 is 19.4 Å². The first-order valence-electron chi connectivity index (χ1n) is 9.32. The molecule has 0 bridgehead atoms. The molecule has 144 valence electrons. The molecule has 1 aromatic carbocycles. The van der Waals surface area contributed by atoms with Crippen LogP contribution in [-0.4, -0.2) is 70.1 Å². The number of hydrogen-bond donors (Lipinski definition) is 2. The zero-order valence-corrected chi connectivity index (χ0v) is 15.3. The van der Waals surface area contributed by atoms with Gasteiger partial charge in [-0.05, 0) is 18.9 Å². The predicted molar refractivity (Wildman–Crippen MR) is 98.1 cm³/mol. The van der Waals surface area contributed by atoms with E-state index in [1.165, 1.54) is 0 Å². The van der Waals surface area contributed by atoms with Crippen molar-refractivity contribution in [2.45, 2.75) is 25.0 Å². The molecule has 0 unspecified atom stereocenters. The average molecular weight is 372 g/mol. The largest absolute Gasteiger partial charge is 0.391 e. The lowest BCUT2D eigenvalue weighted by molar-refractivity contribution is -0.139. The van der Waals surface area contributed by atoms with Crippen LogP contribution in [0, 0.1) is 5.92 Å². The van der Waals surface area contributed by atoms with Crippen molar-refractivity contribution in [1.29, 1.82) is 0 Å². The molecule has 8 nitrogen and oxygen atoms in total. The van der Waals surface area contributed by atoms with Crippen molar-refractivity contribution in [2.24, 2.45) is 13.0 Å². The molecule has 8 heteroatoms. The molecule has 2 aliphatic rings. The Morgan fingerprint density at radius 3 is 2.74 bits per heavy atom. The summed E-state index contributed by atoms with van der Waals surface area (Å²) in [5, 5.41) is 18.4. The van der Waals surface area contributed by atoms with E-state index < -0.39 is 12.1 Å². The van der Waals surface area contributed by atoms with Crippen molar-refractivity contribution in [3.63, 3.8) is 0 Å².